The lowest BCUT2D eigenvalue weighted by Crippen LogP contribution is -2.50. The number of aromatic nitrogens is 2. The summed E-state index contributed by atoms with van der Waals surface area (Å²) in [6.07, 6.45) is 3.25. The highest BCUT2D eigenvalue weighted by Gasteiger charge is 2.38. The van der Waals surface area contributed by atoms with E-state index in [1.165, 1.54) is 0 Å². The van der Waals surface area contributed by atoms with Gasteiger partial charge in [0.1, 0.15) is 5.69 Å². The van der Waals surface area contributed by atoms with E-state index in [-0.39, 0.29) is 11.8 Å². The Hall–Kier alpha value is -1.85. The van der Waals surface area contributed by atoms with Gasteiger partial charge in [-0.15, -0.1) is 0 Å². The predicted molar refractivity (Wildman–Crippen MR) is 65.6 cm³/mol. The van der Waals surface area contributed by atoms with E-state index in [4.69, 9.17) is 5.73 Å². The summed E-state index contributed by atoms with van der Waals surface area (Å²) < 4.78 is 1.59. The first-order valence-corrected chi connectivity index (χ1v) is 6.01. The highest BCUT2D eigenvalue weighted by Crippen LogP contribution is 2.29. The van der Waals surface area contributed by atoms with E-state index in [0.717, 1.165) is 12.8 Å². The minimum Gasteiger partial charge on any atom is -0.369 e. The smallest absolute Gasteiger partial charge is 0.274 e. The third kappa shape index (κ3) is 2.23. The van der Waals surface area contributed by atoms with E-state index in [1.807, 2.05) is 6.92 Å². The molecule has 0 unspecified atom stereocenters. The number of nitrogens with zero attached hydrogens (tertiary/aromatic N) is 3. The molecule has 6 nitrogen and oxygen atoms in total. The lowest BCUT2D eigenvalue weighted by atomic mass is 9.81. The zero-order valence-corrected chi connectivity index (χ0v) is 10.7. The number of carbonyl (C=O) groups is 2. The molecule has 1 aliphatic heterocycles. The molecule has 0 bridgehead atoms. The summed E-state index contributed by atoms with van der Waals surface area (Å²) in [5.41, 5.74) is 5.20. The lowest BCUT2D eigenvalue weighted by Gasteiger charge is -2.37. The minimum absolute atomic E-state index is 0.136. The first-order chi connectivity index (χ1) is 8.42. The van der Waals surface area contributed by atoms with Gasteiger partial charge in [-0.1, -0.05) is 0 Å². The SMILES string of the molecule is Cn1ccc(C(=O)N2CCC[C@@](C)(C(N)=O)C2)n1. The number of nitrogens with two attached hydrogens (primary N) is 1. The van der Waals surface area contributed by atoms with Gasteiger partial charge in [0.15, 0.2) is 0 Å². The molecule has 6 heteroatoms. The molecule has 2 heterocycles. The van der Waals surface area contributed by atoms with Crippen LogP contribution >= 0.6 is 0 Å². The molecule has 98 valence electrons. The van der Waals surface area contributed by atoms with Crippen LogP contribution in [0.2, 0.25) is 0 Å². The average molecular weight is 250 g/mol. The molecule has 1 fully saturated rings. The van der Waals surface area contributed by atoms with Crippen molar-refractivity contribution >= 4 is 11.8 Å². The topological polar surface area (TPSA) is 81.2 Å². The maximum absolute atomic E-state index is 12.2. The number of primary amides is 1. The summed E-state index contributed by atoms with van der Waals surface area (Å²) in [6.45, 7) is 2.84. The van der Waals surface area contributed by atoms with Crippen molar-refractivity contribution in [2.75, 3.05) is 13.1 Å². The van der Waals surface area contributed by atoms with Crippen molar-refractivity contribution in [3.8, 4) is 0 Å². The largest absolute Gasteiger partial charge is 0.369 e. The molecular weight excluding hydrogens is 232 g/mol. The number of carbonyl (C=O) groups excluding carboxylic acids is 2. The summed E-state index contributed by atoms with van der Waals surface area (Å²) in [7, 11) is 1.76. The molecule has 0 saturated carbocycles. The number of piperidine rings is 1. The molecule has 0 radical (unpaired) electrons. The molecule has 2 amide bonds. The fraction of sp³-hybridized carbons (Fsp3) is 0.583. The van der Waals surface area contributed by atoms with Gasteiger partial charge in [0.25, 0.3) is 5.91 Å². The van der Waals surface area contributed by atoms with Gasteiger partial charge in [-0.3, -0.25) is 14.3 Å². The van der Waals surface area contributed by atoms with Gasteiger partial charge in [-0.05, 0) is 25.8 Å². The van der Waals surface area contributed by atoms with Crippen LogP contribution in [0.4, 0.5) is 0 Å². The molecule has 0 spiro atoms. The molecule has 1 saturated heterocycles. The maximum atomic E-state index is 12.2. The summed E-state index contributed by atoms with van der Waals surface area (Å²) in [5, 5.41) is 4.09. The Morgan fingerprint density at radius 1 is 1.50 bits per heavy atom. The second-order valence-corrected chi connectivity index (χ2v) is 5.13. The predicted octanol–water partition coefficient (Wildman–Crippen LogP) is 0.148. The Kier molecular flexibility index (Phi) is 3.11. The number of hydrogen-bond donors (Lipinski definition) is 1. The minimum atomic E-state index is -0.622. The van der Waals surface area contributed by atoms with Crippen LogP contribution in [0.25, 0.3) is 0 Å². The van der Waals surface area contributed by atoms with E-state index < -0.39 is 5.41 Å². The van der Waals surface area contributed by atoms with Gasteiger partial charge in [-0.2, -0.15) is 5.10 Å². The molecule has 0 aromatic carbocycles. The zero-order valence-electron chi connectivity index (χ0n) is 10.7. The second-order valence-electron chi connectivity index (χ2n) is 5.13. The third-order valence-corrected chi connectivity index (χ3v) is 3.51. The summed E-state index contributed by atoms with van der Waals surface area (Å²) in [5.74, 6) is -0.483. The zero-order chi connectivity index (χ0) is 13.3. The number of amides is 2. The van der Waals surface area contributed by atoms with Gasteiger partial charge in [0.05, 0.1) is 5.41 Å². The van der Waals surface area contributed by atoms with Crippen molar-refractivity contribution in [1.82, 2.24) is 14.7 Å². The molecule has 1 aromatic heterocycles. The van der Waals surface area contributed by atoms with Crippen molar-refractivity contribution in [3.63, 3.8) is 0 Å². The molecule has 2 N–H and O–H groups in total. The van der Waals surface area contributed by atoms with Gasteiger partial charge >= 0.3 is 0 Å². The monoisotopic (exact) mass is 250 g/mol. The van der Waals surface area contributed by atoms with Crippen LogP contribution < -0.4 is 5.73 Å². The van der Waals surface area contributed by atoms with Crippen LogP contribution in [0, 0.1) is 5.41 Å². The number of likely N-dealkylation sites (tertiary alicyclic amines) is 1. The first kappa shape index (κ1) is 12.6. The van der Waals surface area contributed by atoms with Gasteiger partial charge in [0.2, 0.25) is 5.91 Å². The van der Waals surface area contributed by atoms with Crippen molar-refractivity contribution < 1.29 is 9.59 Å². The maximum Gasteiger partial charge on any atom is 0.274 e. The van der Waals surface area contributed by atoms with E-state index in [9.17, 15) is 9.59 Å². The molecule has 2 rings (SSSR count). The van der Waals surface area contributed by atoms with Crippen molar-refractivity contribution in [3.05, 3.63) is 18.0 Å². The fourth-order valence-corrected chi connectivity index (χ4v) is 2.31. The second kappa shape index (κ2) is 4.44. The van der Waals surface area contributed by atoms with Crippen molar-refractivity contribution in [2.45, 2.75) is 19.8 Å². The summed E-state index contributed by atoms with van der Waals surface area (Å²) in [4.78, 5) is 25.3. The van der Waals surface area contributed by atoms with Crippen molar-refractivity contribution in [1.29, 1.82) is 0 Å². The third-order valence-electron chi connectivity index (χ3n) is 3.51. The van der Waals surface area contributed by atoms with E-state index in [1.54, 1.807) is 28.9 Å². The Labute approximate surface area is 106 Å². The van der Waals surface area contributed by atoms with Crippen LogP contribution in [-0.4, -0.2) is 39.6 Å². The fourth-order valence-electron chi connectivity index (χ4n) is 2.31. The quantitative estimate of drug-likeness (QED) is 0.811. The molecule has 0 aliphatic carbocycles. The average Bonchev–Trinajstić information content (AvgIpc) is 2.75. The number of hydrogen-bond acceptors (Lipinski definition) is 3. The summed E-state index contributed by atoms with van der Waals surface area (Å²) in [6, 6.07) is 1.68. The van der Waals surface area contributed by atoms with Crippen LogP contribution in [0.3, 0.4) is 0 Å². The van der Waals surface area contributed by atoms with Crippen LogP contribution in [-0.2, 0) is 11.8 Å². The Balaban J connectivity index is 2.14. The molecule has 1 aromatic rings. The summed E-state index contributed by atoms with van der Waals surface area (Å²) >= 11 is 0. The molecule has 18 heavy (non-hydrogen) atoms. The van der Waals surface area contributed by atoms with Crippen LogP contribution in [0.5, 0.6) is 0 Å². The van der Waals surface area contributed by atoms with Gasteiger partial charge in [0, 0.05) is 26.3 Å². The van der Waals surface area contributed by atoms with Crippen LogP contribution in [0.15, 0.2) is 12.3 Å². The van der Waals surface area contributed by atoms with Gasteiger partial charge < -0.3 is 10.6 Å². The van der Waals surface area contributed by atoms with E-state index >= 15 is 0 Å². The van der Waals surface area contributed by atoms with Gasteiger partial charge in [-0.25, -0.2) is 0 Å². The van der Waals surface area contributed by atoms with E-state index in [2.05, 4.69) is 5.10 Å². The Bertz CT molecular complexity index is 482. The Morgan fingerprint density at radius 2 is 2.22 bits per heavy atom. The first-order valence-electron chi connectivity index (χ1n) is 6.01. The highest BCUT2D eigenvalue weighted by atomic mass is 16.2. The highest BCUT2D eigenvalue weighted by molar-refractivity contribution is 5.93. The number of rotatable bonds is 2. The standard InChI is InChI=1S/C12H18N4O2/c1-12(11(13)18)5-3-6-16(8-12)10(17)9-4-7-15(2)14-9/h4,7H,3,5-6,8H2,1-2H3,(H2,13,18)/t12-/m1/s1. The molecular formula is C12H18N4O2. The molecule has 1 aliphatic rings. The number of aryl methyl sites for hydroxylation is 1. The Morgan fingerprint density at radius 3 is 2.78 bits per heavy atom. The lowest BCUT2D eigenvalue weighted by molar-refractivity contribution is -0.129. The van der Waals surface area contributed by atoms with Crippen LogP contribution in [0.1, 0.15) is 30.3 Å². The normalized spacial score (nSPS) is 24.0. The van der Waals surface area contributed by atoms with Crippen molar-refractivity contribution in [2.24, 2.45) is 18.2 Å². The van der Waals surface area contributed by atoms with E-state index in [0.29, 0.717) is 18.8 Å². The molecule has 1 atom stereocenters.